The number of azo groups is 2. The molecule has 3 N–H and O–H groups in total. The Morgan fingerprint density at radius 1 is 0.690 bits per heavy atom. The third kappa shape index (κ3) is 5.95. The van der Waals surface area contributed by atoms with E-state index in [0.717, 1.165) is 35.0 Å². The molecule has 0 fully saturated rings. The van der Waals surface area contributed by atoms with Crippen LogP contribution >= 0.6 is 0 Å². The summed E-state index contributed by atoms with van der Waals surface area (Å²) in [5, 5.41) is 26.0. The fraction of sp³-hybridized carbons (Fsp3) is 0.182. The average molecular weight is 388 g/mol. The summed E-state index contributed by atoms with van der Waals surface area (Å²) >= 11 is 0. The summed E-state index contributed by atoms with van der Waals surface area (Å²) in [6.45, 7) is 3.63. The molecule has 148 valence electrons. The van der Waals surface area contributed by atoms with E-state index in [2.05, 4.69) is 32.3 Å². The summed E-state index contributed by atoms with van der Waals surface area (Å²) in [4.78, 5) is 2.10. The van der Waals surface area contributed by atoms with Crippen LogP contribution < -0.4 is 10.6 Å². The van der Waals surface area contributed by atoms with Crippen molar-refractivity contribution in [1.29, 1.82) is 0 Å². The molecule has 0 radical (unpaired) electrons. The molecule has 0 aromatic heterocycles. The first-order valence-electron chi connectivity index (χ1n) is 9.43. The molecule has 0 aliphatic carbocycles. The zero-order valence-electron chi connectivity index (χ0n) is 16.3. The normalized spacial score (nSPS) is 11.4. The second-order valence-electron chi connectivity index (χ2n) is 6.33. The molecule has 0 heterocycles. The molecule has 3 aromatic carbocycles. The maximum atomic E-state index is 9.12. The number of likely N-dealkylation sites (N-methyl/N-ethyl adjacent to an activating group) is 1. The van der Waals surface area contributed by atoms with Gasteiger partial charge in [-0.2, -0.15) is 20.5 Å². The Hall–Kier alpha value is -3.58. The van der Waals surface area contributed by atoms with Gasteiger partial charge in [-0.05, 0) is 79.7 Å². The second-order valence-corrected chi connectivity index (χ2v) is 6.33. The van der Waals surface area contributed by atoms with Crippen molar-refractivity contribution in [3.05, 3.63) is 72.8 Å². The lowest BCUT2D eigenvalue weighted by Crippen LogP contribution is -2.25. The number of nitrogen functional groups attached to an aromatic ring is 1. The lowest BCUT2D eigenvalue weighted by molar-refractivity contribution is 0.302. The molecule has 0 saturated heterocycles. The van der Waals surface area contributed by atoms with Crippen molar-refractivity contribution in [3.63, 3.8) is 0 Å². The summed E-state index contributed by atoms with van der Waals surface area (Å²) in [5.74, 6) is 0. The predicted octanol–water partition coefficient (Wildman–Crippen LogP) is 5.92. The summed E-state index contributed by atoms with van der Waals surface area (Å²) in [6.07, 6.45) is 0. The van der Waals surface area contributed by atoms with E-state index in [4.69, 9.17) is 10.8 Å². The van der Waals surface area contributed by atoms with E-state index in [0.29, 0.717) is 12.2 Å². The number of nitrogens with zero attached hydrogens (tertiary/aromatic N) is 5. The molecule has 0 aliphatic rings. The number of hydrogen-bond donors (Lipinski definition) is 2. The van der Waals surface area contributed by atoms with Crippen molar-refractivity contribution in [2.45, 2.75) is 6.92 Å². The molecular formula is C22H24N6O. The van der Waals surface area contributed by atoms with Gasteiger partial charge in [0.25, 0.3) is 0 Å². The molecule has 3 aromatic rings. The number of hydrogen-bond acceptors (Lipinski definition) is 7. The molecule has 7 nitrogen and oxygen atoms in total. The first-order chi connectivity index (χ1) is 14.2. The van der Waals surface area contributed by atoms with Crippen molar-refractivity contribution in [2.24, 2.45) is 20.5 Å². The molecule has 0 atom stereocenters. The van der Waals surface area contributed by atoms with Crippen LogP contribution in [0.5, 0.6) is 0 Å². The van der Waals surface area contributed by atoms with Crippen molar-refractivity contribution in [1.82, 2.24) is 0 Å². The van der Waals surface area contributed by atoms with Gasteiger partial charge >= 0.3 is 0 Å². The quantitative estimate of drug-likeness (QED) is 0.370. The average Bonchev–Trinajstić information content (AvgIpc) is 2.77. The highest BCUT2D eigenvalue weighted by Gasteiger charge is 2.03. The molecule has 0 aliphatic heterocycles. The Kier molecular flexibility index (Phi) is 7.02. The first-order valence-corrected chi connectivity index (χ1v) is 9.43. The van der Waals surface area contributed by atoms with Crippen LogP contribution in [0.15, 0.2) is 93.3 Å². The Morgan fingerprint density at radius 2 is 1.07 bits per heavy atom. The number of aliphatic hydroxyl groups is 1. The van der Waals surface area contributed by atoms with Gasteiger partial charge in [0.15, 0.2) is 0 Å². The molecule has 0 amide bonds. The molecule has 0 spiro atoms. The van der Waals surface area contributed by atoms with Gasteiger partial charge in [0.2, 0.25) is 0 Å². The van der Waals surface area contributed by atoms with Gasteiger partial charge in [0.1, 0.15) is 0 Å². The minimum atomic E-state index is 0.130. The molecule has 3 rings (SSSR count). The van der Waals surface area contributed by atoms with Crippen molar-refractivity contribution < 1.29 is 5.11 Å². The molecule has 0 unspecified atom stereocenters. The number of aliphatic hydroxyl groups excluding tert-OH is 1. The number of benzene rings is 3. The smallest absolute Gasteiger partial charge is 0.0858 e. The minimum Gasteiger partial charge on any atom is -0.399 e. The fourth-order valence-electron chi connectivity index (χ4n) is 2.68. The zero-order valence-corrected chi connectivity index (χ0v) is 16.3. The van der Waals surface area contributed by atoms with E-state index in [-0.39, 0.29) is 6.61 Å². The van der Waals surface area contributed by atoms with E-state index < -0.39 is 0 Å². The Bertz CT molecular complexity index is 950. The van der Waals surface area contributed by atoms with Crippen LogP contribution in [-0.2, 0) is 0 Å². The maximum absolute atomic E-state index is 9.12. The van der Waals surface area contributed by atoms with Gasteiger partial charge in [-0.25, -0.2) is 0 Å². The van der Waals surface area contributed by atoms with Crippen LogP contribution in [0.25, 0.3) is 0 Å². The minimum absolute atomic E-state index is 0.130. The van der Waals surface area contributed by atoms with Gasteiger partial charge in [0.05, 0.1) is 29.4 Å². The Balaban J connectivity index is 1.61. The molecule has 29 heavy (non-hydrogen) atoms. The largest absolute Gasteiger partial charge is 0.399 e. The van der Waals surface area contributed by atoms with Gasteiger partial charge in [0, 0.05) is 24.5 Å². The van der Waals surface area contributed by atoms with Gasteiger partial charge < -0.3 is 15.7 Å². The third-order valence-corrected chi connectivity index (χ3v) is 4.27. The van der Waals surface area contributed by atoms with Crippen LogP contribution in [0.4, 0.5) is 34.1 Å². The number of nitrogens with two attached hydrogens (primary N) is 1. The summed E-state index contributed by atoms with van der Waals surface area (Å²) in [7, 11) is 0. The second kappa shape index (κ2) is 10.1. The van der Waals surface area contributed by atoms with Gasteiger partial charge in [-0.1, -0.05) is 0 Å². The van der Waals surface area contributed by atoms with Crippen LogP contribution in [-0.4, -0.2) is 24.8 Å². The van der Waals surface area contributed by atoms with Crippen molar-refractivity contribution in [2.75, 3.05) is 30.3 Å². The van der Waals surface area contributed by atoms with Crippen LogP contribution in [0, 0.1) is 0 Å². The zero-order chi connectivity index (χ0) is 20.5. The molecule has 0 bridgehead atoms. The highest BCUT2D eigenvalue weighted by Crippen LogP contribution is 2.25. The van der Waals surface area contributed by atoms with Crippen molar-refractivity contribution in [3.8, 4) is 0 Å². The van der Waals surface area contributed by atoms with E-state index in [9.17, 15) is 0 Å². The predicted molar refractivity (Wildman–Crippen MR) is 117 cm³/mol. The van der Waals surface area contributed by atoms with E-state index in [1.165, 1.54) is 0 Å². The highest BCUT2D eigenvalue weighted by molar-refractivity contribution is 5.53. The van der Waals surface area contributed by atoms with Crippen LogP contribution in [0.1, 0.15) is 6.92 Å². The summed E-state index contributed by atoms with van der Waals surface area (Å²) in [6, 6.07) is 22.4. The lowest BCUT2D eigenvalue weighted by atomic mass is 10.2. The SMILES string of the molecule is CCN(CCO)c1ccc(N=Nc2ccc(N=Nc3ccc(N)cc3)cc2)cc1. The monoisotopic (exact) mass is 388 g/mol. The lowest BCUT2D eigenvalue weighted by Gasteiger charge is -2.21. The summed E-state index contributed by atoms with van der Waals surface area (Å²) in [5.41, 5.74) is 10.4. The van der Waals surface area contributed by atoms with E-state index >= 15 is 0 Å². The number of rotatable bonds is 8. The Labute approximate surface area is 170 Å². The fourth-order valence-corrected chi connectivity index (χ4v) is 2.68. The molecular weight excluding hydrogens is 364 g/mol. The standard InChI is InChI=1S/C22H24N6O/c1-2-28(15-16-29)22-13-11-21(12-14-22)27-26-20-9-7-19(8-10-20)25-24-18-5-3-17(23)4-6-18/h3-14,29H,2,15-16,23H2,1H3. The maximum Gasteiger partial charge on any atom is 0.0858 e. The van der Waals surface area contributed by atoms with Crippen LogP contribution in [0.2, 0.25) is 0 Å². The van der Waals surface area contributed by atoms with Gasteiger partial charge in [-0.3, -0.25) is 0 Å². The molecule has 0 saturated carbocycles. The van der Waals surface area contributed by atoms with E-state index in [1.807, 2.05) is 60.7 Å². The molecule has 7 heteroatoms. The first kappa shape index (κ1) is 20.2. The van der Waals surface area contributed by atoms with Crippen molar-refractivity contribution >= 4 is 34.1 Å². The Morgan fingerprint density at radius 3 is 1.45 bits per heavy atom. The van der Waals surface area contributed by atoms with Crippen LogP contribution in [0.3, 0.4) is 0 Å². The highest BCUT2D eigenvalue weighted by atomic mass is 16.3. The van der Waals surface area contributed by atoms with E-state index in [1.54, 1.807) is 12.1 Å². The summed E-state index contributed by atoms with van der Waals surface area (Å²) < 4.78 is 0. The number of anilines is 2. The third-order valence-electron chi connectivity index (χ3n) is 4.27. The van der Waals surface area contributed by atoms with Gasteiger partial charge in [-0.15, -0.1) is 0 Å². The topological polar surface area (TPSA) is 98.9 Å².